The average molecular weight is 291 g/mol. The molecule has 0 heterocycles. The van der Waals surface area contributed by atoms with Gasteiger partial charge in [0.2, 0.25) is 0 Å². The molecule has 3 heteroatoms. The number of rotatable bonds is 4. The molecule has 0 aromatic rings. The third kappa shape index (κ3) is 8.29. The second-order valence-electron chi connectivity index (χ2n) is 5.26. The zero-order chi connectivity index (χ0) is 11.3. The molecular formula is C14H29N2Zn-3. The molecule has 1 saturated carbocycles. The van der Waals surface area contributed by atoms with Crippen LogP contribution in [0.5, 0.6) is 0 Å². The molecule has 2 atom stereocenters. The van der Waals surface area contributed by atoms with Gasteiger partial charge >= 0.3 is 0 Å². The van der Waals surface area contributed by atoms with E-state index < -0.39 is 0 Å². The van der Waals surface area contributed by atoms with Crippen LogP contribution in [-0.2, 0) is 19.5 Å². The quantitative estimate of drug-likeness (QED) is 0.408. The Morgan fingerprint density at radius 2 is 1.12 bits per heavy atom. The predicted molar refractivity (Wildman–Crippen MR) is 74.1 cm³/mol. The maximum Gasteiger partial charge on any atom is 0 e. The Labute approximate surface area is 121 Å². The van der Waals surface area contributed by atoms with Crippen molar-refractivity contribution in [1.29, 1.82) is 0 Å². The van der Waals surface area contributed by atoms with E-state index in [1.807, 2.05) is 0 Å². The minimum absolute atomic E-state index is 0. The SMILES string of the molecule is CC(C)[N-]C1CCCCCC1[N-]C(C)C.[CH3-].[Zn]. The zero-order valence-electron chi connectivity index (χ0n) is 12.4. The second-order valence-corrected chi connectivity index (χ2v) is 5.26. The van der Waals surface area contributed by atoms with Crippen molar-refractivity contribution in [2.24, 2.45) is 0 Å². The molecule has 0 aromatic heterocycles. The summed E-state index contributed by atoms with van der Waals surface area (Å²) >= 11 is 0. The van der Waals surface area contributed by atoms with Crippen molar-refractivity contribution in [3.8, 4) is 0 Å². The third-order valence-electron chi connectivity index (χ3n) is 2.92. The van der Waals surface area contributed by atoms with Crippen LogP contribution in [0.4, 0.5) is 0 Å². The van der Waals surface area contributed by atoms with Crippen LogP contribution in [0.25, 0.3) is 10.6 Å². The van der Waals surface area contributed by atoms with Crippen LogP contribution in [-0.4, -0.2) is 24.2 Å². The van der Waals surface area contributed by atoms with Gasteiger partial charge in [-0.05, 0) is 0 Å². The number of hydrogen-bond acceptors (Lipinski definition) is 0. The number of nitrogens with zero attached hydrogens (tertiary/aromatic N) is 2. The molecule has 2 nitrogen and oxygen atoms in total. The first-order valence-corrected chi connectivity index (χ1v) is 6.49. The summed E-state index contributed by atoms with van der Waals surface area (Å²) < 4.78 is 0. The van der Waals surface area contributed by atoms with Crippen LogP contribution < -0.4 is 0 Å². The van der Waals surface area contributed by atoms with E-state index in [9.17, 15) is 0 Å². The average Bonchev–Trinajstić information content (AvgIpc) is 2.30. The van der Waals surface area contributed by atoms with E-state index in [4.69, 9.17) is 10.6 Å². The number of hydrogen-bond donors (Lipinski definition) is 0. The van der Waals surface area contributed by atoms with Crippen molar-refractivity contribution in [2.75, 3.05) is 0 Å². The summed E-state index contributed by atoms with van der Waals surface area (Å²) in [5.74, 6) is 0. The molecule has 0 saturated heterocycles. The summed E-state index contributed by atoms with van der Waals surface area (Å²) in [6.07, 6.45) is 6.54. The minimum atomic E-state index is 0. The van der Waals surface area contributed by atoms with Gasteiger partial charge in [-0.15, -0.1) is 12.1 Å². The maximum atomic E-state index is 4.84. The topological polar surface area (TPSA) is 28.2 Å². The van der Waals surface area contributed by atoms with E-state index in [2.05, 4.69) is 27.7 Å². The zero-order valence-corrected chi connectivity index (χ0v) is 15.4. The molecule has 1 aliphatic carbocycles. The van der Waals surface area contributed by atoms with Crippen molar-refractivity contribution in [2.45, 2.75) is 84.0 Å². The Balaban J connectivity index is 0. The molecule has 1 fully saturated rings. The van der Waals surface area contributed by atoms with Crippen LogP contribution in [0.3, 0.4) is 0 Å². The van der Waals surface area contributed by atoms with Crippen molar-refractivity contribution in [3.63, 3.8) is 0 Å². The maximum absolute atomic E-state index is 4.84. The van der Waals surface area contributed by atoms with Crippen molar-refractivity contribution < 1.29 is 19.5 Å². The van der Waals surface area contributed by atoms with Gasteiger partial charge in [0.15, 0.2) is 0 Å². The van der Waals surface area contributed by atoms with E-state index in [1.165, 1.54) is 32.1 Å². The van der Waals surface area contributed by atoms with E-state index >= 15 is 0 Å². The second kappa shape index (κ2) is 10.5. The fourth-order valence-corrected chi connectivity index (χ4v) is 2.38. The summed E-state index contributed by atoms with van der Waals surface area (Å²) in [4.78, 5) is 0. The van der Waals surface area contributed by atoms with E-state index in [0.717, 1.165) is 0 Å². The Hall–Kier alpha value is 0.543. The van der Waals surface area contributed by atoms with Gasteiger partial charge in [0.25, 0.3) is 0 Å². The molecule has 2 unspecified atom stereocenters. The van der Waals surface area contributed by atoms with E-state index in [0.29, 0.717) is 24.2 Å². The molecular weight excluding hydrogens is 262 g/mol. The molecule has 0 spiro atoms. The minimum Gasteiger partial charge on any atom is -0.658 e. The molecule has 0 aromatic carbocycles. The summed E-state index contributed by atoms with van der Waals surface area (Å²) in [5.41, 5.74) is 0. The summed E-state index contributed by atoms with van der Waals surface area (Å²) in [6.45, 7) is 8.71. The first kappa shape index (κ1) is 19.9. The first-order valence-electron chi connectivity index (χ1n) is 6.49. The van der Waals surface area contributed by atoms with Crippen molar-refractivity contribution in [1.82, 2.24) is 0 Å². The molecule has 0 bridgehead atoms. The summed E-state index contributed by atoms with van der Waals surface area (Å²) in [7, 11) is 0. The van der Waals surface area contributed by atoms with E-state index in [1.54, 1.807) is 0 Å². The molecule has 100 valence electrons. The van der Waals surface area contributed by atoms with Gasteiger partial charge in [0.05, 0.1) is 0 Å². The van der Waals surface area contributed by atoms with Crippen LogP contribution in [0.1, 0.15) is 59.8 Å². The molecule has 1 rings (SSSR count). The first-order chi connectivity index (χ1) is 7.09. The molecule has 0 aliphatic heterocycles. The van der Waals surface area contributed by atoms with Gasteiger partial charge in [0, 0.05) is 19.5 Å². The third-order valence-corrected chi connectivity index (χ3v) is 2.92. The molecule has 1 aliphatic rings. The Bertz CT molecular complexity index is 154. The van der Waals surface area contributed by atoms with Gasteiger partial charge in [-0.25, -0.2) is 0 Å². The predicted octanol–water partition coefficient (Wildman–Crippen LogP) is 4.70. The Kier molecular flexibility index (Phi) is 12.2. The molecule has 17 heavy (non-hydrogen) atoms. The fourth-order valence-electron chi connectivity index (χ4n) is 2.38. The van der Waals surface area contributed by atoms with E-state index in [-0.39, 0.29) is 26.9 Å². The van der Waals surface area contributed by atoms with Crippen LogP contribution in [0.2, 0.25) is 0 Å². The van der Waals surface area contributed by atoms with Gasteiger partial charge in [-0.3, -0.25) is 0 Å². The largest absolute Gasteiger partial charge is 0.658 e. The van der Waals surface area contributed by atoms with Crippen molar-refractivity contribution in [3.05, 3.63) is 18.1 Å². The van der Waals surface area contributed by atoms with Gasteiger partial charge in [-0.1, -0.05) is 59.8 Å². The molecule has 0 amide bonds. The monoisotopic (exact) mass is 289 g/mol. The normalized spacial score (nSPS) is 25.1. The Morgan fingerprint density at radius 1 is 0.765 bits per heavy atom. The molecule has 0 radical (unpaired) electrons. The van der Waals surface area contributed by atoms with Gasteiger partial charge in [0.1, 0.15) is 0 Å². The van der Waals surface area contributed by atoms with Crippen molar-refractivity contribution >= 4 is 0 Å². The van der Waals surface area contributed by atoms with Gasteiger partial charge in [-0.2, -0.15) is 12.1 Å². The Morgan fingerprint density at radius 3 is 1.41 bits per heavy atom. The van der Waals surface area contributed by atoms with Crippen LogP contribution in [0, 0.1) is 7.43 Å². The van der Waals surface area contributed by atoms with Gasteiger partial charge < -0.3 is 18.1 Å². The summed E-state index contributed by atoms with van der Waals surface area (Å²) in [6, 6.07) is 1.90. The smallest absolute Gasteiger partial charge is 0 e. The molecule has 0 N–H and O–H groups in total. The fraction of sp³-hybridized carbons (Fsp3) is 0.929. The van der Waals surface area contributed by atoms with Crippen LogP contribution in [0.15, 0.2) is 0 Å². The van der Waals surface area contributed by atoms with Crippen LogP contribution >= 0.6 is 0 Å². The summed E-state index contributed by atoms with van der Waals surface area (Å²) in [5, 5.41) is 9.67. The standard InChI is InChI=1S/C13H26N2.CH3.Zn/c1-10(2)14-12-8-6-5-7-9-13(12)15-11(3)4;;/h10-13H,5-9H2,1-4H3;1H3;/q-2;-1;.